The number of hydrogen-bond acceptors (Lipinski definition) is 5. The van der Waals surface area contributed by atoms with Crippen LogP contribution in [0, 0.1) is 0 Å². The minimum absolute atomic E-state index is 0.368. The van der Waals surface area contributed by atoms with E-state index in [-0.39, 0.29) is 5.91 Å². The third-order valence-electron chi connectivity index (χ3n) is 3.63. The lowest BCUT2D eigenvalue weighted by atomic mass is 10.2. The molecule has 0 saturated heterocycles. The van der Waals surface area contributed by atoms with Crippen LogP contribution in [0.1, 0.15) is 37.1 Å². The quantitative estimate of drug-likeness (QED) is 0.697. The third-order valence-corrected chi connectivity index (χ3v) is 4.59. The molecule has 1 unspecified atom stereocenters. The second kappa shape index (κ2) is 7.48. The number of carbonyl (C=O) groups excluding carboxylic acids is 2. The number of amides is 3. The summed E-state index contributed by atoms with van der Waals surface area (Å²) in [5.74, 6) is 0.994. The summed E-state index contributed by atoms with van der Waals surface area (Å²) < 4.78 is 0. The Hall–Kier alpha value is -2.35. The summed E-state index contributed by atoms with van der Waals surface area (Å²) in [5.41, 5.74) is 0.968. The molecule has 3 amide bonds. The zero-order valence-corrected chi connectivity index (χ0v) is 14.1. The molecule has 1 aliphatic rings. The Morgan fingerprint density at radius 1 is 1.33 bits per heavy atom. The van der Waals surface area contributed by atoms with E-state index in [1.54, 1.807) is 6.92 Å². The molecule has 0 radical (unpaired) electrons. The first-order valence-electron chi connectivity index (χ1n) is 7.83. The number of carbonyl (C=O) groups is 2. The molecule has 7 nitrogen and oxygen atoms in total. The van der Waals surface area contributed by atoms with Crippen LogP contribution in [0.5, 0.6) is 0 Å². The molecule has 1 aromatic heterocycles. The van der Waals surface area contributed by atoms with Crippen LogP contribution in [0.25, 0.3) is 0 Å². The molecule has 3 rings (SSSR count). The van der Waals surface area contributed by atoms with Gasteiger partial charge in [0.2, 0.25) is 11.1 Å². The highest BCUT2D eigenvalue weighted by Gasteiger charge is 2.28. The smallest absolute Gasteiger partial charge is 0.321 e. The van der Waals surface area contributed by atoms with Gasteiger partial charge in [-0.25, -0.2) is 9.78 Å². The number of nitrogens with zero attached hydrogens (tertiary/aromatic N) is 2. The van der Waals surface area contributed by atoms with E-state index in [4.69, 9.17) is 0 Å². The Kier molecular flexibility index (Phi) is 5.14. The molecule has 2 aromatic rings. The van der Waals surface area contributed by atoms with Crippen molar-refractivity contribution in [2.45, 2.75) is 42.6 Å². The van der Waals surface area contributed by atoms with Crippen molar-refractivity contribution in [2.24, 2.45) is 0 Å². The normalized spacial score (nSPS) is 14.9. The molecule has 8 heteroatoms. The highest BCUT2D eigenvalue weighted by molar-refractivity contribution is 8.00. The van der Waals surface area contributed by atoms with Gasteiger partial charge < -0.3 is 5.32 Å². The fourth-order valence-corrected chi connectivity index (χ4v) is 2.83. The molecule has 0 aliphatic heterocycles. The van der Waals surface area contributed by atoms with Crippen molar-refractivity contribution in [3.05, 3.63) is 41.7 Å². The second-order valence-electron chi connectivity index (χ2n) is 5.70. The zero-order valence-electron chi connectivity index (χ0n) is 13.3. The number of aromatic amines is 1. The molecular weight excluding hydrogens is 326 g/mol. The minimum Gasteiger partial charge on any atom is -0.334 e. The SMILES string of the molecule is CC(Sc1n[nH]c(C2CC2)n1)C(=O)NC(=O)NCc1ccccc1. The Labute approximate surface area is 144 Å². The predicted octanol–water partition coefficient (Wildman–Crippen LogP) is 2.19. The van der Waals surface area contributed by atoms with Gasteiger partial charge in [0.25, 0.3) is 0 Å². The standard InChI is InChI=1S/C16H19N5O2S/c1-10(24-16-18-13(20-21-16)12-7-8-12)14(22)19-15(23)17-9-11-5-3-2-4-6-11/h2-6,10,12H,7-9H2,1H3,(H,18,20,21)(H2,17,19,22,23). The van der Waals surface area contributed by atoms with Crippen LogP contribution in [0.4, 0.5) is 4.79 Å². The van der Waals surface area contributed by atoms with Crippen LogP contribution >= 0.6 is 11.8 Å². The van der Waals surface area contributed by atoms with E-state index >= 15 is 0 Å². The Bertz CT molecular complexity index is 714. The molecule has 24 heavy (non-hydrogen) atoms. The molecule has 126 valence electrons. The van der Waals surface area contributed by atoms with Gasteiger partial charge >= 0.3 is 6.03 Å². The van der Waals surface area contributed by atoms with Gasteiger partial charge in [-0.1, -0.05) is 42.1 Å². The van der Waals surface area contributed by atoms with E-state index in [0.717, 1.165) is 24.2 Å². The lowest BCUT2D eigenvalue weighted by Gasteiger charge is -2.10. The number of imide groups is 1. The number of rotatable bonds is 6. The number of H-pyrrole nitrogens is 1. The zero-order chi connectivity index (χ0) is 16.9. The molecule has 1 aliphatic carbocycles. The van der Waals surface area contributed by atoms with Crippen molar-refractivity contribution < 1.29 is 9.59 Å². The van der Waals surface area contributed by atoms with Crippen molar-refractivity contribution in [1.82, 2.24) is 25.8 Å². The summed E-state index contributed by atoms with van der Waals surface area (Å²) >= 11 is 1.23. The molecule has 3 N–H and O–H groups in total. The van der Waals surface area contributed by atoms with Crippen molar-refractivity contribution in [2.75, 3.05) is 0 Å². The number of aromatic nitrogens is 3. The maximum Gasteiger partial charge on any atom is 0.321 e. The largest absolute Gasteiger partial charge is 0.334 e. The number of benzene rings is 1. The van der Waals surface area contributed by atoms with E-state index in [2.05, 4.69) is 25.8 Å². The van der Waals surface area contributed by atoms with Crippen LogP contribution in [0.15, 0.2) is 35.5 Å². The van der Waals surface area contributed by atoms with Gasteiger partial charge in [-0.15, -0.1) is 5.10 Å². The van der Waals surface area contributed by atoms with Gasteiger partial charge in [0.05, 0.1) is 5.25 Å². The first kappa shape index (κ1) is 16.5. The van der Waals surface area contributed by atoms with Crippen LogP contribution in [-0.4, -0.2) is 32.4 Å². The van der Waals surface area contributed by atoms with Crippen LogP contribution < -0.4 is 10.6 Å². The molecule has 1 fully saturated rings. The lowest BCUT2D eigenvalue weighted by molar-refractivity contribution is -0.119. The topological polar surface area (TPSA) is 99.8 Å². The molecule has 1 atom stereocenters. The average molecular weight is 345 g/mol. The Morgan fingerprint density at radius 2 is 2.08 bits per heavy atom. The number of thioether (sulfide) groups is 1. The van der Waals surface area contributed by atoms with E-state index < -0.39 is 11.3 Å². The van der Waals surface area contributed by atoms with Crippen LogP contribution in [-0.2, 0) is 11.3 Å². The summed E-state index contributed by atoms with van der Waals surface area (Å²) in [5, 5.41) is 12.1. The van der Waals surface area contributed by atoms with E-state index in [0.29, 0.717) is 17.6 Å². The van der Waals surface area contributed by atoms with Crippen molar-refractivity contribution in [1.29, 1.82) is 0 Å². The minimum atomic E-state index is -0.509. The molecular formula is C16H19N5O2S. The van der Waals surface area contributed by atoms with Gasteiger partial charge in [-0.3, -0.25) is 15.2 Å². The van der Waals surface area contributed by atoms with Gasteiger partial charge in [-0.2, -0.15) is 0 Å². The number of nitrogens with one attached hydrogen (secondary N) is 3. The highest BCUT2D eigenvalue weighted by atomic mass is 32.2. The van der Waals surface area contributed by atoms with E-state index in [1.165, 1.54) is 11.8 Å². The van der Waals surface area contributed by atoms with E-state index in [1.807, 2.05) is 30.3 Å². The molecule has 0 spiro atoms. The monoisotopic (exact) mass is 345 g/mol. The average Bonchev–Trinajstić information content (AvgIpc) is 3.34. The summed E-state index contributed by atoms with van der Waals surface area (Å²) in [6.45, 7) is 2.09. The molecule has 0 bridgehead atoms. The van der Waals surface area contributed by atoms with E-state index in [9.17, 15) is 9.59 Å². The summed E-state index contributed by atoms with van der Waals surface area (Å²) in [4.78, 5) is 28.2. The molecule has 1 heterocycles. The summed E-state index contributed by atoms with van der Waals surface area (Å²) in [6, 6.07) is 8.99. The van der Waals surface area contributed by atoms with Gasteiger partial charge in [0, 0.05) is 12.5 Å². The first-order valence-corrected chi connectivity index (χ1v) is 8.71. The number of urea groups is 1. The van der Waals surface area contributed by atoms with Gasteiger partial charge in [0.1, 0.15) is 5.82 Å². The fraction of sp³-hybridized carbons (Fsp3) is 0.375. The Morgan fingerprint density at radius 3 is 2.79 bits per heavy atom. The first-order chi connectivity index (χ1) is 11.6. The number of hydrogen-bond donors (Lipinski definition) is 3. The maximum absolute atomic E-state index is 12.1. The van der Waals surface area contributed by atoms with Crippen molar-refractivity contribution in [3.8, 4) is 0 Å². The third kappa shape index (κ3) is 4.58. The van der Waals surface area contributed by atoms with Gasteiger partial charge in [0.15, 0.2) is 0 Å². The van der Waals surface area contributed by atoms with Crippen molar-refractivity contribution >= 4 is 23.7 Å². The maximum atomic E-state index is 12.1. The van der Waals surface area contributed by atoms with Crippen molar-refractivity contribution in [3.63, 3.8) is 0 Å². The molecule has 1 aromatic carbocycles. The highest BCUT2D eigenvalue weighted by Crippen LogP contribution is 2.38. The fourth-order valence-electron chi connectivity index (χ4n) is 2.10. The lowest BCUT2D eigenvalue weighted by Crippen LogP contribution is -2.42. The molecule has 1 saturated carbocycles. The van der Waals surface area contributed by atoms with Gasteiger partial charge in [-0.05, 0) is 25.3 Å². The van der Waals surface area contributed by atoms with Crippen LogP contribution in [0.3, 0.4) is 0 Å². The summed E-state index contributed by atoms with van der Waals surface area (Å²) in [6.07, 6.45) is 2.27. The predicted molar refractivity (Wildman–Crippen MR) is 90.5 cm³/mol. The second-order valence-corrected chi connectivity index (χ2v) is 7.00. The Balaban J connectivity index is 1.43. The summed E-state index contributed by atoms with van der Waals surface area (Å²) in [7, 11) is 0. The van der Waals surface area contributed by atoms with Crippen LogP contribution in [0.2, 0.25) is 0 Å².